The van der Waals surface area contributed by atoms with Crippen molar-refractivity contribution in [3.05, 3.63) is 522 Å². The molecule has 0 saturated carbocycles. The van der Waals surface area contributed by atoms with E-state index in [0.717, 1.165) is 102 Å². The number of fused-ring (bicyclic) bond motifs is 18. The van der Waals surface area contributed by atoms with Gasteiger partial charge < -0.3 is 28.7 Å². The summed E-state index contributed by atoms with van der Waals surface area (Å²) in [6.45, 7) is 0. The van der Waals surface area contributed by atoms with Gasteiger partial charge in [0.05, 0.1) is 22.1 Å². The van der Waals surface area contributed by atoms with E-state index in [-0.39, 0.29) is 0 Å². The molecule has 0 spiro atoms. The third kappa shape index (κ3) is 14.6. The first-order chi connectivity index (χ1) is 68.4. The topological polar surface area (TPSA) is 22.8 Å². The molecular formula is C130H86N6S2. The van der Waals surface area contributed by atoms with Gasteiger partial charge in [-0.15, -0.1) is 22.7 Å². The van der Waals surface area contributed by atoms with E-state index in [9.17, 15) is 0 Å². The molecule has 0 unspecified atom stereocenters. The Bertz CT molecular complexity index is 9350. The van der Waals surface area contributed by atoms with Gasteiger partial charge in [-0.25, -0.2) is 0 Å². The Hall–Kier alpha value is -17.7. The Morgan fingerprint density at radius 1 is 0.138 bits per heavy atom. The zero-order chi connectivity index (χ0) is 91.1. The summed E-state index contributed by atoms with van der Waals surface area (Å²) in [5, 5.41) is 20.1. The molecule has 0 aliphatic heterocycles. The Morgan fingerprint density at radius 3 is 1.01 bits per heavy atom. The molecule has 23 aromatic carbocycles. The summed E-state index contributed by atoms with van der Waals surface area (Å²) >= 11 is 3.73. The fourth-order valence-electron chi connectivity index (χ4n) is 20.9. The van der Waals surface area contributed by atoms with Crippen molar-refractivity contribution in [2.24, 2.45) is 0 Å². The molecule has 8 heteroatoms. The number of para-hydroxylation sites is 5. The molecule has 0 radical (unpaired) electrons. The lowest BCUT2D eigenvalue weighted by molar-refractivity contribution is 1.18. The lowest BCUT2D eigenvalue weighted by atomic mass is 10.00. The van der Waals surface area contributed by atoms with Gasteiger partial charge in [-0.3, -0.25) is 0 Å². The average molecular weight is 1800 g/mol. The van der Waals surface area contributed by atoms with Crippen LogP contribution in [-0.2, 0) is 0 Å². The Morgan fingerprint density at radius 2 is 0.442 bits per heavy atom. The van der Waals surface area contributed by atoms with Gasteiger partial charge in [0.25, 0.3) is 0 Å². The molecule has 4 aromatic heterocycles. The average Bonchev–Trinajstić information content (AvgIpc) is 1.58. The second-order valence-electron chi connectivity index (χ2n) is 35.5. The van der Waals surface area contributed by atoms with E-state index in [1.807, 2.05) is 22.7 Å². The minimum atomic E-state index is 1.07. The van der Waals surface area contributed by atoms with E-state index in [1.165, 1.54) is 138 Å². The quantitative estimate of drug-likeness (QED) is 0.0848. The molecule has 27 aromatic rings. The van der Waals surface area contributed by atoms with Gasteiger partial charge >= 0.3 is 0 Å². The van der Waals surface area contributed by atoms with Crippen molar-refractivity contribution in [1.82, 2.24) is 9.13 Å². The number of anilines is 12. The highest BCUT2D eigenvalue weighted by Gasteiger charge is 2.25. The van der Waals surface area contributed by atoms with Crippen molar-refractivity contribution < 1.29 is 0 Å². The maximum absolute atomic E-state index is 2.40. The van der Waals surface area contributed by atoms with Gasteiger partial charge in [0, 0.05) is 142 Å². The predicted molar refractivity (Wildman–Crippen MR) is 592 cm³/mol. The monoisotopic (exact) mass is 1790 g/mol. The second-order valence-corrected chi connectivity index (χ2v) is 37.6. The largest absolute Gasteiger partial charge is 0.310 e. The van der Waals surface area contributed by atoms with Crippen molar-refractivity contribution in [2.75, 3.05) is 19.6 Å². The van der Waals surface area contributed by atoms with Crippen LogP contribution in [0.2, 0.25) is 0 Å². The number of rotatable bonds is 17. The Balaban J connectivity index is 0.000000143. The van der Waals surface area contributed by atoms with Crippen LogP contribution in [-0.4, -0.2) is 9.13 Å². The normalized spacial score (nSPS) is 11.6. The van der Waals surface area contributed by atoms with E-state index >= 15 is 0 Å². The summed E-state index contributed by atoms with van der Waals surface area (Å²) in [7, 11) is 0. The Kier molecular flexibility index (Phi) is 20.2. The zero-order valence-corrected chi connectivity index (χ0v) is 76.8. The highest BCUT2D eigenvalue weighted by Crippen LogP contribution is 2.50. The maximum atomic E-state index is 2.40. The standard InChI is InChI=1S/C66H43N3S.C64H43N3S/c1-3-17-49(18-4-1)67(55-35-39-65-62(43-55)61-37-28-45-15-8-10-23-58(45)66(61)70-65)51-30-32-52(33-31-51)68(54-34-38-57-48(41-54)27-26-44-14-7-9-22-56(44)57)53-21-13-16-46(40-53)47-29-36-60-59-24-11-12-25-63(59)69(64(60)42-47)50-19-5-2-6-20-50;1-3-14-44(15-4-1)46-26-30-51(31-27-46)65(56-37-39-64-60(43-56)59-23-10-12-25-63(59)68-64)52-33-35-53(36-34-52)66(55-32-28-45-16-7-8-17-47(45)40-55)54-21-13-18-48(41-54)49-29-38-58-57-22-9-11-24-61(57)67(62(58)42-49)50-19-5-2-6-20-50/h1-43H;1-43H. The second kappa shape index (κ2) is 34.4. The molecule has 0 amide bonds. The summed E-state index contributed by atoms with van der Waals surface area (Å²) in [6, 6.07) is 190. The third-order valence-electron chi connectivity index (χ3n) is 27.4. The molecule has 0 aliphatic rings. The number of nitrogens with zero attached hydrogens (tertiary/aromatic N) is 6. The SMILES string of the molecule is c1ccc(-c2ccc(N(c3ccc(N(c4cccc(-c5ccc6c7ccccc7n(-c7ccccc7)c6c5)c4)c4ccc5ccccc5c4)cc3)c3ccc4sc5ccccc5c4c3)cc2)cc1.c1ccc(N(c2ccc(N(c3cccc(-c4ccc5c6ccccc6n(-c6ccccc6)c5c4)c3)c3ccc4c(ccc5ccccc54)c3)cc2)c2ccc3sc4c5ccccc5ccc4c3c2)cc1. The first-order valence-corrected chi connectivity index (χ1v) is 48.7. The van der Waals surface area contributed by atoms with Gasteiger partial charge in [-0.05, 0) is 289 Å². The molecule has 0 bridgehead atoms. The lowest BCUT2D eigenvalue weighted by Crippen LogP contribution is -2.12. The van der Waals surface area contributed by atoms with Gasteiger partial charge in [-0.1, -0.05) is 309 Å². The van der Waals surface area contributed by atoms with Gasteiger partial charge in [0.1, 0.15) is 0 Å². The molecule has 138 heavy (non-hydrogen) atoms. The van der Waals surface area contributed by atoms with Crippen LogP contribution in [0.15, 0.2) is 522 Å². The molecule has 0 saturated heterocycles. The lowest BCUT2D eigenvalue weighted by Gasteiger charge is -2.29. The predicted octanol–water partition coefficient (Wildman–Crippen LogP) is 37.8. The number of hydrogen-bond acceptors (Lipinski definition) is 6. The first-order valence-electron chi connectivity index (χ1n) is 47.1. The molecule has 0 N–H and O–H groups in total. The summed E-state index contributed by atoms with van der Waals surface area (Å²) < 4.78 is 10.0. The van der Waals surface area contributed by atoms with Crippen LogP contribution in [0.4, 0.5) is 68.2 Å². The van der Waals surface area contributed by atoms with Gasteiger partial charge in [0.15, 0.2) is 0 Å². The van der Waals surface area contributed by atoms with Gasteiger partial charge in [0.2, 0.25) is 0 Å². The zero-order valence-electron chi connectivity index (χ0n) is 75.2. The fourth-order valence-corrected chi connectivity index (χ4v) is 23.2. The van der Waals surface area contributed by atoms with Gasteiger partial charge in [-0.2, -0.15) is 0 Å². The summed E-state index contributed by atoms with van der Waals surface area (Å²) in [4.78, 5) is 9.56. The van der Waals surface area contributed by atoms with E-state index in [2.05, 4.69) is 550 Å². The molecule has 0 atom stereocenters. The molecule has 0 fully saturated rings. The van der Waals surface area contributed by atoms with E-state index < -0.39 is 0 Å². The van der Waals surface area contributed by atoms with Crippen molar-refractivity contribution in [1.29, 1.82) is 0 Å². The van der Waals surface area contributed by atoms with Crippen molar-refractivity contribution >= 4 is 218 Å². The van der Waals surface area contributed by atoms with Crippen LogP contribution in [0.25, 0.3) is 172 Å². The van der Waals surface area contributed by atoms with E-state index in [4.69, 9.17) is 0 Å². The summed E-state index contributed by atoms with van der Waals surface area (Å²) in [5.74, 6) is 0. The maximum Gasteiger partial charge on any atom is 0.0547 e. The summed E-state index contributed by atoms with van der Waals surface area (Å²) in [6.07, 6.45) is 0. The fraction of sp³-hybridized carbons (Fsp3) is 0. The van der Waals surface area contributed by atoms with Crippen LogP contribution < -0.4 is 19.6 Å². The molecule has 4 heterocycles. The number of aromatic nitrogens is 2. The molecule has 648 valence electrons. The van der Waals surface area contributed by atoms with E-state index in [0.29, 0.717) is 0 Å². The number of hydrogen-bond donors (Lipinski definition) is 0. The minimum absolute atomic E-state index is 1.07. The van der Waals surface area contributed by atoms with Crippen LogP contribution in [0.5, 0.6) is 0 Å². The Labute approximate surface area is 807 Å². The first kappa shape index (κ1) is 81.1. The third-order valence-corrected chi connectivity index (χ3v) is 29.8. The molecule has 27 rings (SSSR count). The smallest absolute Gasteiger partial charge is 0.0547 e. The molecule has 6 nitrogen and oxygen atoms in total. The highest BCUT2D eigenvalue weighted by molar-refractivity contribution is 7.27. The van der Waals surface area contributed by atoms with Crippen molar-refractivity contribution in [3.63, 3.8) is 0 Å². The van der Waals surface area contributed by atoms with Crippen LogP contribution in [0.3, 0.4) is 0 Å². The highest BCUT2D eigenvalue weighted by atomic mass is 32.1. The van der Waals surface area contributed by atoms with Crippen molar-refractivity contribution in [2.45, 2.75) is 0 Å². The molecular weight excluding hydrogens is 1710 g/mol. The summed E-state index contributed by atoms with van der Waals surface area (Å²) in [5.41, 5.74) is 27.2. The van der Waals surface area contributed by atoms with E-state index in [1.54, 1.807) is 0 Å². The minimum Gasteiger partial charge on any atom is -0.310 e. The number of benzene rings is 23. The molecule has 0 aliphatic carbocycles. The van der Waals surface area contributed by atoms with Crippen molar-refractivity contribution in [3.8, 4) is 44.8 Å². The van der Waals surface area contributed by atoms with Crippen LogP contribution in [0.1, 0.15) is 0 Å². The number of thiophene rings is 2. The van der Waals surface area contributed by atoms with Crippen LogP contribution in [0, 0.1) is 0 Å². The van der Waals surface area contributed by atoms with Crippen LogP contribution >= 0.6 is 22.7 Å².